The van der Waals surface area contributed by atoms with Crippen LogP contribution in [-0.4, -0.2) is 17.4 Å². The van der Waals surface area contributed by atoms with E-state index in [1.54, 1.807) is 24.3 Å². The van der Waals surface area contributed by atoms with Crippen molar-refractivity contribution in [3.8, 4) is 6.07 Å². The highest BCUT2D eigenvalue weighted by Crippen LogP contribution is 2.28. The monoisotopic (exact) mass is 506 g/mol. The number of aryl methyl sites for hydroxylation is 2. The number of hydrogen-bond donors (Lipinski definition) is 0. The van der Waals surface area contributed by atoms with Crippen LogP contribution in [0, 0.1) is 35.9 Å². The first-order valence-corrected chi connectivity index (χ1v) is 12.9. The standard InChI is InChI=1S/C15H21NO.C8H6ClN.C8H9F/c1-3-12(2)14-9-15(17)16(11-14)10-13-7-5-4-6-8-13;1-6-2-3-7(5-10)8(9)4-6;1-2-7-5-3-4-6-8(7)9/h4-8,12,14H,3,9-11H2,1-2H3;2-4H,1H3;3-6H,2H2,1H3. The third-order valence-electron chi connectivity index (χ3n) is 6.49. The summed E-state index contributed by atoms with van der Waals surface area (Å²) in [7, 11) is 0. The molecule has 0 spiro atoms. The molecule has 0 radical (unpaired) electrons. The topological polar surface area (TPSA) is 44.1 Å². The zero-order chi connectivity index (χ0) is 26.5. The number of nitriles is 1. The molecule has 0 bridgehead atoms. The lowest BCUT2D eigenvalue weighted by atomic mass is 9.91. The average Bonchev–Trinajstić information content (AvgIpc) is 3.25. The van der Waals surface area contributed by atoms with Crippen LogP contribution in [0.15, 0.2) is 72.8 Å². The van der Waals surface area contributed by atoms with Crippen LogP contribution in [0.5, 0.6) is 0 Å². The molecule has 1 saturated heterocycles. The van der Waals surface area contributed by atoms with E-state index in [-0.39, 0.29) is 5.82 Å². The molecule has 5 heteroatoms. The third kappa shape index (κ3) is 9.13. The second kappa shape index (κ2) is 15.1. The molecule has 0 N–H and O–H groups in total. The molecule has 0 aliphatic carbocycles. The summed E-state index contributed by atoms with van der Waals surface area (Å²) in [5.41, 5.74) is 3.62. The van der Waals surface area contributed by atoms with Gasteiger partial charge in [-0.2, -0.15) is 5.26 Å². The van der Waals surface area contributed by atoms with Crippen molar-refractivity contribution in [1.82, 2.24) is 4.90 Å². The van der Waals surface area contributed by atoms with Crippen molar-refractivity contribution in [2.24, 2.45) is 11.8 Å². The highest BCUT2D eigenvalue weighted by Gasteiger charge is 2.32. The van der Waals surface area contributed by atoms with Gasteiger partial charge in [0.2, 0.25) is 5.91 Å². The maximum absolute atomic E-state index is 12.6. The molecule has 3 aromatic rings. The maximum atomic E-state index is 12.6. The summed E-state index contributed by atoms with van der Waals surface area (Å²) in [6.07, 6.45) is 2.67. The fourth-order valence-corrected chi connectivity index (χ4v) is 4.25. The number of benzene rings is 3. The van der Waals surface area contributed by atoms with E-state index in [0.29, 0.717) is 28.3 Å². The first kappa shape index (κ1) is 29.1. The van der Waals surface area contributed by atoms with Crippen LogP contribution in [-0.2, 0) is 17.8 Å². The molecule has 0 saturated carbocycles. The summed E-state index contributed by atoms with van der Waals surface area (Å²) in [6.45, 7) is 10.0. The minimum absolute atomic E-state index is 0.0972. The van der Waals surface area contributed by atoms with Gasteiger partial charge >= 0.3 is 0 Å². The van der Waals surface area contributed by atoms with Gasteiger partial charge in [-0.05, 0) is 60.1 Å². The van der Waals surface area contributed by atoms with E-state index in [1.165, 1.54) is 11.6 Å². The van der Waals surface area contributed by atoms with Crippen LogP contribution in [0.25, 0.3) is 0 Å². The number of amides is 1. The van der Waals surface area contributed by atoms with Gasteiger partial charge in [-0.15, -0.1) is 0 Å². The number of likely N-dealkylation sites (tertiary alicyclic amines) is 1. The molecule has 1 amide bonds. The average molecular weight is 507 g/mol. The fourth-order valence-electron chi connectivity index (χ4n) is 3.97. The van der Waals surface area contributed by atoms with Gasteiger partial charge in [-0.1, -0.05) is 93.4 Å². The van der Waals surface area contributed by atoms with Gasteiger partial charge in [0.05, 0.1) is 10.6 Å². The second-order valence-electron chi connectivity index (χ2n) is 9.15. The number of nitrogens with zero attached hydrogens (tertiary/aromatic N) is 2. The van der Waals surface area contributed by atoms with Crippen LogP contribution in [0.1, 0.15) is 55.9 Å². The van der Waals surface area contributed by atoms with Crippen molar-refractivity contribution in [1.29, 1.82) is 5.26 Å². The maximum Gasteiger partial charge on any atom is 0.223 e. The Balaban J connectivity index is 0.000000205. The summed E-state index contributed by atoms with van der Waals surface area (Å²) in [6, 6.07) is 24.4. The molecule has 3 nitrogen and oxygen atoms in total. The van der Waals surface area contributed by atoms with E-state index >= 15 is 0 Å². The van der Waals surface area contributed by atoms with Gasteiger partial charge in [0, 0.05) is 19.5 Å². The van der Waals surface area contributed by atoms with Crippen LogP contribution in [0.3, 0.4) is 0 Å². The second-order valence-corrected chi connectivity index (χ2v) is 9.56. The van der Waals surface area contributed by atoms with Crippen LogP contribution >= 0.6 is 11.6 Å². The van der Waals surface area contributed by atoms with E-state index < -0.39 is 0 Å². The highest BCUT2D eigenvalue weighted by molar-refractivity contribution is 6.31. The predicted molar refractivity (Wildman–Crippen MR) is 146 cm³/mol. The Hall–Kier alpha value is -3.16. The Labute approximate surface area is 220 Å². The molecule has 0 aromatic heterocycles. The summed E-state index contributed by atoms with van der Waals surface area (Å²) in [5.74, 6) is 1.43. The van der Waals surface area contributed by atoms with E-state index in [0.717, 1.165) is 43.5 Å². The summed E-state index contributed by atoms with van der Waals surface area (Å²) < 4.78 is 12.6. The van der Waals surface area contributed by atoms with Gasteiger partial charge < -0.3 is 4.90 Å². The van der Waals surface area contributed by atoms with Gasteiger partial charge in [-0.25, -0.2) is 4.39 Å². The van der Waals surface area contributed by atoms with Crippen molar-refractivity contribution in [3.05, 3.63) is 106 Å². The molecular formula is C31H36ClFN2O. The van der Waals surface area contributed by atoms with Crippen molar-refractivity contribution < 1.29 is 9.18 Å². The minimum atomic E-state index is -0.0972. The molecule has 1 aliphatic heterocycles. The lowest BCUT2D eigenvalue weighted by Gasteiger charge is -2.19. The lowest BCUT2D eigenvalue weighted by Crippen LogP contribution is -2.25. The largest absolute Gasteiger partial charge is 0.338 e. The lowest BCUT2D eigenvalue weighted by molar-refractivity contribution is -0.128. The Kier molecular flexibility index (Phi) is 12.2. The van der Waals surface area contributed by atoms with Gasteiger partial charge in [0.1, 0.15) is 11.9 Å². The zero-order valence-corrected chi connectivity index (χ0v) is 22.4. The Morgan fingerprint density at radius 3 is 2.31 bits per heavy atom. The van der Waals surface area contributed by atoms with Gasteiger partial charge in [-0.3, -0.25) is 4.79 Å². The number of halogens is 2. The summed E-state index contributed by atoms with van der Waals surface area (Å²) >= 11 is 5.71. The number of carbonyl (C=O) groups excluding carboxylic acids is 1. The Morgan fingerprint density at radius 1 is 1.08 bits per heavy atom. The van der Waals surface area contributed by atoms with Crippen LogP contribution in [0.4, 0.5) is 4.39 Å². The first-order chi connectivity index (χ1) is 17.3. The summed E-state index contributed by atoms with van der Waals surface area (Å²) in [4.78, 5) is 13.9. The van der Waals surface area contributed by atoms with Gasteiger partial charge in [0.25, 0.3) is 0 Å². The van der Waals surface area contributed by atoms with Crippen LogP contribution < -0.4 is 0 Å². The Bertz CT molecular complexity index is 1140. The SMILES string of the molecule is CCC(C)C1CC(=O)N(Cc2ccccc2)C1.CCc1ccccc1F.Cc1ccc(C#N)c(Cl)c1. The van der Waals surface area contributed by atoms with E-state index in [9.17, 15) is 9.18 Å². The van der Waals surface area contributed by atoms with E-state index in [1.807, 2.05) is 55.1 Å². The first-order valence-electron chi connectivity index (χ1n) is 12.5. The molecule has 1 heterocycles. The Morgan fingerprint density at radius 2 is 1.75 bits per heavy atom. The number of rotatable bonds is 5. The fraction of sp³-hybridized carbons (Fsp3) is 0.355. The molecule has 2 atom stereocenters. The molecule has 1 fully saturated rings. The quantitative estimate of drug-likeness (QED) is 0.352. The van der Waals surface area contributed by atoms with Crippen molar-refractivity contribution in [2.45, 2.75) is 53.5 Å². The zero-order valence-electron chi connectivity index (χ0n) is 21.7. The molecule has 36 heavy (non-hydrogen) atoms. The van der Waals surface area contributed by atoms with Crippen LogP contribution in [0.2, 0.25) is 5.02 Å². The normalized spacial score (nSPS) is 15.2. The third-order valence-corrected chi connectivity index (χ3v) is 6.81. The van der Waals surface area contributed by atoms with Crippen molar-refractivity contribution >= 4 is 17.5 Å². The molecular weight excluding hydrogens is 471 g/mol. The highest BCUT2D eigenvalue weighted by atomic mass is 35.5. The minimum Gasteiger partial charge on any atom is -0.338 e. The molecule has 3 aromatic carbocycles. The molecule has 1 aliphatic rings. The number of hydrogen-bond acceptors (Lipinski definition) is 2. The summed E-state index contributed by atoms with van der Waals surface area (Å²) in [5, 5.41) is 9.00. The predicted octanol–water partition coefficient (Wildman–Crippen LogP) is 7.99. The van der Waals surface area contributed by atoms with E-state index in [2.05, 4.69) is 26.0 Å². The smallest absolute Gasteiger partial charge is 0.223 e. The molecule has 190 valence electrons. The van der Waals surface area contributed by atoms with Crippen molar-refractivity contribution in [3.63, 3.8) is 0 Å². The van der Waals surface area contributed by atoms with Crippen molar-refractivity contribution in [2.75, 3.05) is 6.54 Å². The number of carbonyl (C=O) groups is 1. The molecule has 4 rings (SSSR count). The van der Waals surface area contributed by atoms with E-state index in [4.69, 9.17) is 16.9 Å². The van der Waals surface area contributed by atoms with Gasteiger partial charge in [0.15, 0.2) is 0 Å². The molecule has 2 unspecified atom stereocenters.